The van der Waals surface area contributed by atoms with Gasteiger partial charge in [-0.05, 0) is 36.1 Å². The van der Waals surface area contributed by atoms with Gasteiger partial charge in [-0.2, -0.15) is 0 Å². The first-order chi connectivity index (χ1) is 14.5. The number of hydrogen-bond donors (Lipinski definition) is 2. The minimum atomic E-state index is -0.660. The molecule has 6 nitrogen and oxygen atoms in total. The first-order valence-electron chi connectivity index (χ1n) is 10.0. The first kappa shape index (κ1) is 20.9. The van der Waals surface area contributed by atoms with E-state index >= 15 is 0 Å². The minimum Gasteiger partial charge on any atom is -0.389 e. The molecule has 2 aromatic heterocycles. The zero-order valence-electron chi connectivity index (χ0n) is 16.9. The van der Waals surface area contributed by atoms with Crippen LogP contribution in [0.3, 0.4) is 0 Å². The van der Waals surface area contributed by atoms with Crippen LogP contribution in [0.5, 0.6) is 0 Å². The Labute approximate surface area is 179 Å². The van der Waals surface area contributed by atoms with Gasteiger partial charge in [0.15, 0.2) is 5.82 Å². The van der Waals surface area contributed by atoms with E-state index in [0.717, 1.165) is 28.4 Å². The van der Waals surface area contributed by atoms with Crippen LogP contribution in [0.15, 0.2) is 30.5 Å². The van der Waals surface area contributed by atoms with Gasteiger partial charge in [-0.15, -0.1) is 11.6 Å². The fraction of sp³-hybridized carbons (Fsp3) is 0.409. The van der Waals surface area contributed by atoms with E-state index in [0.29, 0.717) is 24.5 Å². The van der Waals surface area contributed by atoms with Gasteiger partial charge in [0.2, 0.25) is 5.95 Å². The molecule has 0 aliphatic carbocycles. The highest BCUT2D eigenvalue weighted by Crippen LogP contribution is 2.31. The lowest BCUT2D eigenvalue weighted by Crippen LogP contribution is -2.42. The number of alkyl halides is 1. The Bertz CT molecular complexity index is 1060. The number of rotatable bonds is 5. The van der Waals surface area contributed by atoms with E-state index in [2.05, 4.69) is 34.1 Å². The number of benzene rings is 1. The lowest BCUT2D eigenvalue weighted by Gasteiger charge is -2.28. The van der Waals surface area contributed by atoms with Crippen LogP contribution in [-0.2, 0) is 10.6 Å². The van der Waals surface area contributed by atoms with E-state index < -0.39 is 11.9 Å². The van der Waals surface area contributed by atoms with Crippen molar-refractivity contribution in [1.82, 2.24) is 15.0 Å². The number of anilines is 1. The van der Waals surface area contributed by atoms with Crippen molar-refractivity contribution < 1.29 is 14.2 Å². The maximum Gasteiger partial charge on any atom is 0.223 e. The van der Waals surface area contributed by atoms with Crippen molar-refractivity contribution in [3.63, 3.8) is 0 Å². The van der Waals surface area contributed by atoms with E-state index in [4.69, 9.17) is 16.3 Å². The molecule has 4 rings (SSSR count). The van der Waals surface area contributed by atoms with E-state index in [1.165, 1.54) is 0 Å². The number of aliphatic hydroxyl groups excluding tert-OH is 1. The maximum absolute atomic E-state index is 14.6. The third-order valence-electron chi connectivity index (χ3n) is 5.31. The molecule has 3 heterocycles. The summed E-state index contributed by atoms with van der Waals surface area (Å²) in [6, 6.07) is 7.34. The lowest BCUT2D eigenvalue weighted by molar-refractivity contribution is -0.0136. The summed E-state index contributed by atoms with van der Waals surface area (Å²) in [7, 11) is 0. The van der Waals surface area contributed by atoms with Gasteiger partial charge in [-0.3, -0.25) is 4.98 Å². The van der Waals surface area contributed by atoms with Crippen LogP contribution in [0, 0.1) is 5.82 Å². The molecule has 1 aliphatic rings. The summed E-state index contributed by atoms with van der Waals surface area (Å²) in [6.07, 6.45) is 1.12. The smallest absolute Gasteiger partial charge is 0.223 e. The predicted molar refractivity (Wildman–Crippen MR) is 115 cm³/mol. The summed E-state index contributed by atoms with van der Waals surface area (Å²) in [5, 5.41) is 14.1. The standard InChI is InChI=1S/C22H24ClFN4O2/c1-12(2)15-8-14(9-23)26-18-4-3-13(7-16(15)18)21-17(24)10-25-22(28-21)27-19-5-6-30-11-20(19)29/h3-4,7-8,10,12,19-20,29H,5-6,9,11H2,1-2H3,(H,25,27,28)/t19-,20-/m1/s1. The van der Waals surface area contributed by atoms with Crippen LogP contribution in [0.4, 0.5) is 10.3 Å². The van der Waals surface area contributed by atoms with Crippen LogP contribution >= 0.6 is 11.6 Å². The Morgan fingerprint density at radius 3 is 2.87 bits per heavy atom. The van der Waals surface area contributed by atoms with E-state index in [1.54, 1.807) is 6.07 Å². The predicted octanol–water partition coefficient (Wildman–Crippen LogP) is 4.25. The van der Waals surface area contributed by atoms with Crippen LogP contribution in [0.1, 0.15) is 37.4 Å². The van der Waals surface area contributed by atoms with Crippen molar-refractivity contribution in [2.75, 3.05) is 18.5 Å². The monoisotopic (exact) mass is 430 g/mol. The van der Waals surface area contributed by atoms with Gasteiger partial charge in [0.25, 0.3) is 0 Å². The summed E-state index contributed by atoms with van der Waals surface area (Å²) < 4.78 is 19.9. The Morgan fingerprint density at radius 2 is 2.13 bits per heavy atom. The molecule has 2 N–H and O–H groups in total. The van der Waals surface area contributed by atoms with Crippen molar-refractivity contribution in [2.24, 2.45) is 0 Å². The molecule has 0 saturated carbocycles. The Hall–Kier alpha value is -2.35. The fourth-order valence-electron chi connectivity index (χ4n) is 3.70. The number of aliphatic hydroxyl groups is 1. The van der Waals surface area contributed by atoms with E-state index in [-0.39, 0.29) is 30.2 Å². The molecule has 0 amide bonds. The Morgan fingerprint density at radius 1 is 1.30 bits per heavy atom. The first-order valence-corrected chi connectivity index (χ1v) is 10.5. The summed E-state index contributed by atoms with van der Waals surface area (Å²) in [5.74, 6) is 0.363. The number of nitrogens with one attached hydrogen (secondary N) is 1. The molecule has 30 heavy (non-hydrogen) atoms. The number of ether oxygens (including phenoxy) is 1. The largest absolute Gasteiger partial charge is 0.389 e. The van der Waals surface area contributed by atoms with Crippen molar-refractivity contribution in [1.29, 1.82) is 0 Å². The second kappa shape index (κ2) is 8.79. The maximum atomic E-state index is 14.6. The quantitative estimate of drug-likeness (QED) is 0.589. The highest BCUT2D eigenvalue weighted by atomic mass is 35.5. The molecule has 158 valence electrons. The van der Waals surface area contributed by atoms with Gasteiger partial charge in [0.1, 0.15) is 5.69 Å². The van der Waals surface area contributed by atoms with E-state index in [9.17, 15) is 9.50 Å². The third-order valence-corrected chi connectivity index (χ3v) is 5.58. The van der Waals surface area contributed by atoms with Gasteiger partial charge in [-0.1, -0.05) is 19.9 Å². The molecule has 0 radical (unpaired) electrons. The molecule has 1 saturated heterocycles. The topological polar surface area (TPSA) is 80.2 Å². The number of pyridine rings is 1. The zero-order valence-corrected chi connectivity index (χ0v) is 17.7. The number of aromatic nitrogens is 3. The average Bonchev–Trinajstić information content (AvgIpc) is 2.75. The lowest BCUT2D eigenvalue weighted by atomic mass is 9.96. The number of halogens is 2. The molecule has 3 aromatic rings. The van der Waals surface area contributed by atoms with Crippen LogP contribution in [-0.4, -0.2) is 45.4 Å². The molecule has 1 fully saturated rings. The van der Waals surface area contributed by atoms with Crippen molar-refractivity contribution in [3.05, 3.63) is 47.5 Å². The van der Waals surface area contributed by atoms with Gasteiger partial charge in [0, 0.05) is 17.6 Å². The summed E-state index contributed by atoms with van der Waals surface area (Å²) in [6.45, 7) is 5.01. The van der Waals surface area contributed by atoms with Crippen molar-refractivity contribution >= 4 is 28.5 Å². The van der Waals surface area contributed by atoms with Crippen molar-refractivity contribution in [3.8, 4) is 11.3 Å². The van der Waals surface area contributed by atoms with Crippen LogP contribution in [0.2, 0.25) is 0 Å². The van der Waals surface area contributed by atoms with Gasteiger partial charge < -0.3 is 15.2 Å². The van der Waals surface area contributed by atoms with Crippen molar-refractivity contribution in [2.45, 2.75) is 44.2 Å². The minimum absolute atomic E-state index is 0.201. The van der Waals surface area contributed by atoms with Gasteiger partial charge in [0.05, 0.1) is 42.0 Å². The molecule has 0 bridgehead atoms. The van der Waals surface area contributed by atoms with Crippen LogP contribution in [0.25, 0.3) is 22.2 Å². The molecule has 1 aromatic carbocycles. The summed E-state index contributed by atoms with van der Waals surface area (Å²) in [5.41, 5.74) is 3.58. The Balaban J connectivity index is 1.73. The highest BCUT2D eigenvalue weighted by Gasteiger charge is 2.24. The normalized spacial score (nSPS) is 19.4. The molecule has 0 unspecified atom stereocenters. The third kappa shape index (κ3) is 4.24. The summed E-state index contributed by atoms with van der Waals surface area (Å²) in [4.78, 5) is 13.0. The van der Waals surface area contributed by atoms with Gasteiger partial charge in [-0.25, -0.2) is 14.4 Å². The molecular weight excluding hydrogens is 407 g/mol. The molecule has 1 aliphatic heterocycles. The SMILES string of the molecule is CC(C)c1cc(CCl)nc2ccc(-c3nc(N[C@@H]4CCOC[C@H]4O)ncc3F)cc12. The second-order valence-corrected chi connectivity index (χ2v) is 8.06. The zero-order chi connectivity index (χ0) is 21.3. The average molecular weight is 431 g/mol. The number of nitrogens with zero attached hydrogens (tertiary/aromatic N) is 3. The van der Waals surface area contributed by atoms with Crippen LogP contribution < -0.4 is 5.32 Å². The second-order valence-electron chi connectivity index (χ2n) is 7.80. The molecule has 8 heteroatoms. The number of hydrogen-bond acceptors (Lipinski definition) is 6. The molecule has 0 spiro atoms. The fourth-order valence-corrected chi connectivity index (χ4v) is 3.84. The molecular formula is C22H24ClFN4O2. The molecule has 2 atom stereocenters. The van der Waals surface area contributed by atoms with Gasteiger partial charge >= 0.3 is 0 Å². The highest BCUT2D eigenvalue weighted by molar-refractivity contribution is 6.17. The summed E-state index contributed by atoms with van der Waals surface area (Å²) >= 11 is 6.00. The van der Waals surface area contributed by atoms with E-state index in [1.807, 2.05) is 18.2 Å². The Kier molecular flexibility index (Phi) is 6.13. The number of fused-ring (bicyclic) bond motifs is 1.